The molecular formula is C67H122O6. The molecule has 1 atom stereocenters. The van der Waals surface area contributed by atoms with Crippen LogP contribution in [-0.2, 0) is 28.6 Å². The second-order valence-electron chi connectivity index (χ2n) is 21.7. The van der Waals surface area contributed by atoms with Crippen molar-refractivity contribution >= 4 is 17.9 Å². The average molecular weight is 1020 g/mol. The van der Waals surface area contributed by atoms with Crippen LogP contribution in [0.5, 0.6) is 0 Å². The van der Waals surface area contributed by atoms with E-state index in [0.29, 0.717) is 19.3 Å². The summed E-state index contributed by atoms with van der Waals surface area (Å²) in [5.41, 5.74) is 0. The molecule has 0 bridgehead atoms. The summed E-state index contributed by atoms with van der Waals surface area (Å²) in [6.45, 7) is 6.65. The number of ether oxygens (including phenoxy) is 3. The van der Waals surface area contributed by atoms with Crippen molar-refractivity contribution < 1.29 is 28.6 Å². The minimum Gasteiger partial charge on any atom is -0.462 e. The molecule has 0 amide bonds. The van der Waals surface area contributed by atoms with E-state index >= 15 is 0 Å². The zero-order chi connectivity index (χ0) is 52.9. The van der Waals surface area contributed by atoms with Crippen LogP contribution in [0.25, 0.3) is 0 Å². The van der Waals surface area contributed by atoms with Crippen molar-refractivity contribution in [2.45, 2.75) is 348 Å². The number of unbranched alkanes of at least 4 members (excludes halogenated alkanes) is 40. The summed E-state index contributed by atoms with van der Waals surface area (Å²) in [4.78, 5) is 38.3. The van der Waals surface area contributed by atoms with E-state index in [0.717, 1.165) is 77.0 Å². The van der Waals surface area contributed by atoms with Gasteiger partial charge in [-0.3, -0.25) is 14.4 Å². The first kappa shape index (κ1) is 70.4. The maximum atomic E-state index is 12.9. The molecule has 0 heterocycles. The largest absolute Gasteiger partial charge is 0.462 e. The molecule has 426 valence electrons. The predicted molar refractivity (Wildman–Crippen MR) is 316 cm³/mol. The van der Waals surface area contributed by atoms with Gasteiger partial charge in [0.1, 0.15) is 13.2 Å². The second kappa shape index (κ2) is 61.9. The molecule has 0 rings (SSSR count). The molecule has 0 aromatic carbocycles. The lowest BCUT2D eigenvalue weighted by atomic mass is 10.0. The maximum Gasteiger partial charge on any atom is 0.306 e. The van der Waals surface area contributed by atoms with E-state index in [-0.39, 0.29) is 31.1 Å². The molecular weight excluding hydrogens is 901 g/mol. The van der Waals surface area contributed by atoms with E-state index in [2.05, 4.69) is 69.4 Å². The van der Waals surface area contributed by atoms with Gasteiger partial charge in [0.25, 0.3) is 0 Å². The fourth-order valence-electron chi connectivity index (χ4n) is 9.45. The third-order valence-corrected chi connectivity index (χ3v) is 14.3. The fraction of sp³-hybridized carbons (Fsp3) is 0.836. The van der Waals surface area contributed by atoms with E-state index in [1.807, 2.05) is 0 Å². The topological polar surface area (TPSA) is 78.9 Å². The molecule has 0 saturated carbocycles. The fourth-order valence-corrected chi connectivity index (χ4v) is 9.45. The smallest absolute Gasteiger partial charge is 0.306 e. The van der Waals surface area contributed by atoms with Crippen LogP contribution in [0.1, 0.15) is 342 Å². The SMILES string of the molecule is CCCCCC/C=C\CCCCCCCC(=O)OCC(COC(=O)CCCCCCCCCCCC/C=C\C/C=C\C/C=C\CCCCCCC)OC(=O)CCCCCCCCCCCCCCCCCCC. The monoisotopic (exact) mass is 1020 g/mol. The molecule has 0 aliphatic rings. The Labute approximate surface area is 454 Å². The highest BCUT2D eigenvalue weighted by Gasteiger charge is 2.19. The average Bonchev–Trinajstić information content (AvgIpc) is 3.39. The minimum absolute atomic E-state index is 0.0742. The van der Waals surface area contributed by atoms with Crippen LogP contribution in [0.2, 0.25) is 0 Å². The van der Waals surface area contributed by atoms with Crippen molar-refractivity contribution in [2.75, 3.05) is 13.2 Å². The van der Waals surface area contributed by atoms with Gasteiger partial charge in [-0.1, -0.05) is 288 Å². The summed E-state index contributed by atoms with van der Waals surface area (Å²) in [5.74, 6) is -0.866. The van der Waals surface area contributed by atoms with Crippen molar-refractivity contribution in [3.8, 4) is 0 Å². The molecule has 73 heavy (non-hydrogen) atoms. The van der Waals surface area contributed by atoms with Gasteiger partial charge in [0.15, 0.2) is 6.10 Å². The molecule has 0 aromatic heterocycles. The zero-order valence-corrected chi connectivity index (χ0v) is 48.9. The number of hydrogen-bond acceptors (Lipinski definition) is 6. The van der Waals surface area contributed by atoms with Gasteiger partial charge in [0.05, 0.1) is 0 Å². The van der Waals surface area contributed by atoms with Crippen LogP contribution in [0.15, 0.2) is 48.6 Å². The Kier molecular flexibility index (Phi) is 59.7. The van der Waals surface area contributed by atoms with E-state index in [1.165, 1.54) is 225 Å². The van der Waals surface area contributed by atoms with Gasteiger partial charge in [0, 0.05) is 19.3 Å². The lowest BCUT2D eigenvalue weighted by Crippen LogP contribution is -2.30. The second-order valence-corrected chi connectivity index (χ2v) is 21.7. The van der Waals surface area contributed by atoms with Crippen LogP contribution in [0.3, 0.4) is 0 Å². The van der Waals surface area contributed by atoms with Crippen molar-refractivity contribution in [1.82, 2.24) is 0 Å². The molecule has 6 nitrogen and oxygen atoms in total. The van der Waals surface area contributed by atoms with E-state index in [1.54, 1.807) is 0 Å². The molecule has 0 aromatic rings. The maximum absolute atomic E-state index is 12.9. The highest BCUT2D eigenvalue weighted by Crippen LogP contribution is 2.17. The number of carbonyl (C=O) groups is 3. The Morgan fingerprint density at radius 3 is 0.795 bits per heavy atom. The zero-order valence-electron chi connectivity index (χ0n) is 48.9. The van der Waals surface area contributed by atoms with Crippen molar-refractivity contribution in [3.63, 3.8) is 0 Å². The van der Waals surface area contributed by atoms with Crippen molar-refractivity contribution in [2.24, 2.45) is 0 Å². The van der Waals surface area contributed by atoms with Crippen molar-refractivity contribution in [1.29, 1.82) is 0 Å². The number of hydrogen-bond donors (Lipinski definition) is 0. The molecule has 0 radical (unpaired) electrons. The highest BCUT2D eigenvalue weighted by molar-refractivity contribution is 5.71. The molecule has 0 spiro atoms. The minimum atomic E-state index is -0.776. The summed E-state index contributed by atoms with van der Waals surface area (Å²) >= 11 is 0. The Balaban J connectivity index is 4.28. The first-order valence-corrected chi connectivity index (χ1v) is 32.1. The molecule has 1 unspecified atom stereocenters. The van der Waals surface area contributed by atoms with Gasteiger partial charge in [0.2, 0.25) is 0 Å². The van der Waals surface area contributed by atoms with E-state index in [9.17, 15) is 14.4 Å². The third-order valence-electron chi connectivity index (χ3n) is 14.3. The normalized spacial score (nSPS) is 12.3. The number of carbonyl (C=O) groups excluding carboxylic acids is 3. The summed E-state index contributed by atoms with van der Waals surface area (Å²) in [7, 11) is 0. The standard InChI is InChI=1S/C67H122O6/c1-4-7-10-13-16-19-22-25-27-29-30-31-32-33-34-35-36-38-39-42-45-48-51-54-57-60-66(69)72-63-64(62-71-65(68)59-56-53-50-47-44-41-24-21-18-15-12-9-6-3)73-67(70)61-58-55-52-49-46-43-40-37-28-26-23-20-17-14-11-8-5-2/h21-22,24-25,29-30,32-33,64H,4-20,23,26-28,31,34-63H2,1-3H3/b24-21-,25-22-,30-29-,33-32-. The molecule has 0 aliphatic heterocycles. The van der Waals surface area contributed by atoms with Crippen LogP contribution in [-0.4, -0.2) is 37.2 Å². The van der Waals surface area contributed by atoms with Crippen LogP contribution in [0, 0.1) is 0 Å². The van der Waals surface area contributed by atoms with Crippen LogP contribution in [0.4, 0.5) is 0 Å². The van der Waals surface area contributed by atoms with E-state index < -0.39 is 6.10 Å². The predicted octanol–water partition coefficient (Wildman–Crippen LogP) is 21.8. The lowest BCUT2D eigenvalue weighted by Gasteiger charge is -2.18. The quantitative estimate of drug-likeness (QED) is 0.0261. The van der Waals surface area contributed by atoms with Crippen LogP contribution >= 0.6 is 0 Å². The first-order valence-electron chi connectivity index (χ1n) is 32.1. The summed E-state index contributed by atoms with van der Waals surface area (Å²) in [6.07, 6.45) is 76.9. The van der Waals surface area contributed by atoms with Gasteiger partial charge >= 0.3 is 17.9 Å². The van der Waals surface area contributed by atoms with Gasteiger partial charge in [-0.25, -0.2) is 0 Å². The Hall–Kier alpha value is -2.63. The number of rotatable bonds is 59. The molecule has 6 heteroatoms. The molecule has 0 saturated heterocycles. The van der Waals surface area contributed by atoms with Crippen molar-refractivity contribution in [3.05, 3.63) is 48.6 Å². The van der Waals surface area contributed by atoms with Gasteiger partial charge in [-0.15, -0.1) is 0 Å². The van der Waals surface area contributed by atoms with Crippen LogP contribution < -0.4 is 0 Å². The number of esters is 3. The lowest BCUT2D eigenvalue weighted by molar-refractivity contribution is -0.167. The Bertz CT molecular complexity index is 1270. The van der Waals surface area contributed by atoms with E-state index in [4.69, 9.17) is 14.2 Å². The van der Waals surface area contributed by atoms with Gasteiger partial charge in [-0.05, 0) is 83.5 Å². The third kappa shape index (κ3) is 60.1. The molecule has 0 aliphatic carbocycles. The Morgan fingerprint density at radius 1 is 0.274 bits per heavy atom. The molecule has 0 N–H and O–H groups in total. The molecule has 0 fully saturated rings. The summed E-state index contributed by atoms with van der Waals surface area (Å²) in [6, 6.07) is 0. The van der Waals surface area contributed by atoms with Gasteiger partial charge in [-0.2, -0.15) is 0 Å². The summed E-state index contributed by atoms with van der Waals surface area (Å²) < 4.78 is 16.9. The Morgan fingerprint density at radius 2 is 0.493 bits per heavy atom. The van der Waals surface area contributed by atoms with Gasteiger partial charge < -0.3 is 14.2 Å². The summed E-state index contributed by atoms with van der Waals surface area (Å²) in [5, 5.41) is 0. The first-order chi connectivity index (χ1) is 36.0. The number of allylic oxidation sites excluding steroid dienone is 8. The highest BCUT2D eigenvalue weighted by atomic mass is 16.6.